The molecule has 2 aromatic carbocycles. The van der Waals surface area contributed by atoms with E-state index >= 15 is 0 Å². The molecule has 2 heterocycles. The summed E-state index contributed by atoms with van der Waals surface area (Å²) in [5, 5.41) is 2.69. The van der Waals surface area contributed by atoms with Crippen LogP contribution in [0.15, 0.2) is 60.7 Å². The summed E-state index contributed by atoms with van der Waals surface area (Å²) in [6.45, 7) is 3.44. The zero-order chi connectivity index (χ0) is 31.6. The number of Topliss-reactive ketones (excluding diaryl/α,β-unsaturated/α-hetero) is 1. The topological polar surface area (TPSA) is 108 Å². The largest absolute Gasteiger partial charge is 0.433 e. The maximum Gasteiger partial charge on any atom is 0.433 e. The summed E-state index contributed by atoms with van der Waals surface area (Å²) < 4.78 is 80.2. The van der Waals surface area contributed by atoms with Gasteiger partial charge in [-0.2, -0.15) is 13.2 Å². The highest BCUT2D eigenvalue weighted by molar-refractivity contribution is 7.92. The molecular formula is C30H32F4N4O4S. The summed E-state index contributed by atoms with van der Waals surface area (Å²) in [5.41, 5.74) is -0.611. The number of pyridine rings is 1. The van der Waals surface area contributed by atoms with E-state index in [0.717, 1.165) is 24.0 Å². The van der Waals surface area contributed by atoms with Crippen LogP contribution < -0.4 is 14.9 Å². The monoisotopic (exact) mass is 620 g/mol. The third kappa shape index (κ3) is 7.32. The van der Waals surface area contributed by atoms with Crippen LogP contribution in [0.4, 0.5) is 29.1 Å². The number of alkyl halides is 3. The second-order valence-electron chi connectivity index (χ2n) is 10.7. The highest BCUT2D eigenvalue weighted by atomic mass is 32.2. The molecule has 13 heteroatoms. The molecule has 1 aliphatic heterocycles. The quantitative estimate of drug-likeness (QED) is 0.320. The van der Waals surface area contributed by atoms with Crippen molar-refractivity contribution < 1.29 is 35.6 Å². The van der Waals surface area contributed by atoms with Gasteiger partial charge in [0.05, 0.1) is 23.3 Å². The molecule has 43 heavy (non-hydrogen) atoms. The van der Waals surface area contributed by atoms with Crippen molar-refractivity contribution in [2.24, 2.45) is 0 Å². The molecule has 1 unspecified atom stereocenters. The molecule has 0 radical (unpaired) electrons. The first-order valence-corrected chi connectivity index (χ1v) is 15.4. The number of halogens is 4. The van der Waals surface area contributed by atoms with E-state index in [0.29, 0.717) is 18.4 Å². The summed E-state index contributed by atoms with van der Waals surface area (Å²) in [6.07, 6.45) is -3.05. The Hall–Kier alpha value is -4.00. The Balaban J connectivity index is 1.53. The number of carbonyl (C=O) groups is 2. The van der Waals surface area contributed by atoms with E-state index in [1.165, 1.54) is 32.0 Å². The number of sulfonamides is 1. The zero-order valence-corrected chi connectivity index (χ0v) is 24.7. The van der Waals surface area contributed by atoms with Gasteiger partial charge in [0.25, 0.3) is 0 Å². The summed E-state index contributed by atoms with van der Waals surface area (Å²) >= 11 is 0. The van der Waals surface area contributed by atoms with Gasteiger partial charge in [0, 0.05) is 25.2 Å². The molecular weight excluding hydrogens is 588 g/mol. The number of nitrogens with zero attached hydrogens (tertiary/aromatic N) is 2. The lowest BCUT2D eigenvalue weighted by molar-refractivity contribution is -0.141. The molecule has 8 nitrogen and oxygen atoms in total. The van der Waals surface area contributed by atoms with Crippen LogP contribution in [0.5, 0.6) is 0 Å². The Bertz CT molecular complexity index is 1610. The van der Waals surface area contributed by atoms with Gasteiger partial charge in [0.15, 0.2) is 0 Å². The minimum absolute atomic E-state index is 0.0200. The van der Waals surface area contributed by atoms with Gasteiger partial charge in [-0.25, -0.2) is 17.8 Å². The molecule has 3 aromatic rings. The Morgan fingerprint density at radius 3 is 2.26 bits per heavy atom. The molecule has 4 rings (SSSR count). The van der Waals surface area contributed by atoms with Crippen molar-refractivity contribution in [3.8, 4) is 0 Å². The van der Waals surface area contributed by atoms with E-state index in [-0.39, 0.29) is 42.5 Å². The molecule has 1 aromatic heterocycles. The lowest BCUT2D eigenvalue weighted by atomic mass is 9.70. The van der Waals surface area contributed by atoms with E-state index in [1.54, 1.807) is 4.90 Å². The number of benzene rings is 2. The number of rotatable bonds is 9. The van der Waals surface area contributed by atoms with Crippen LogP contribution in [-0.2, 0) is 37.7 Å². The molecule has 1 amide bonds. The normalized spacial score (nSPS) is 15.9. The van der Waals surface area contributed by atoms with Crippen LogP contribution in [0.2, 0.25) is 0 Å². The van der Waals surface area contributed by atoms with Crippen LogP contribution in [0.25, 0.3) is 0 Å². The molecule has 1 saturated heterocycles. The Kier molecular flexibility index (Phi) is 9.14. The summed E-state index contributed by atoms with van der Waals surface area (Å²) in [7, 11) is -3.71. The van der Waals surface area contributed by atoms with E-state index in [9.17, 15) is 35.6 Å². The maximum atomic E-state index is 14.5. The van der Waals surface area contributed by atoms with Gasteiger partial charge < -0.3 is 10.2 Å². The molecule has 2 N–H and O–H groups in total. The van der Waals surface area contributed by atoms with Gasteiger partial charge in [-0.3, -0.25) is 14.3 Å². The lowest BCUT2D eigenvalue weighted by Gasteiger charge is -2.41. The Morgan fingerprint density at radius 2 is 1.70 bits per heavy atom. The minimum Gasteiger partial charge on any atom is -0.356 e. The average Bonchev–Trinajstić information content (AvgIpc) is 2.95. The number of aromatic nitrogens is 1. The smallest absolute Gasteiger partial charge is 0.356 e. The molecule has 1 atom stereocenters. The van der Waals surface area contributed by atoms with E-state index in [2.05, 4.69) is 15.0 Å². The predicted molar refractivity (Wildman–Crippen MR) is 155 cm³/mol. The first-order valence-electron chi connectivity index (χ1n) is 13.5. The summed E-state index contributed by atoms with van der Waals surface area (Å²) in [4.78, 5) is 31.4. The van der Waals surface area contributed by atoms with Gasteiger partial charge in [0.1, 0.15) is 23.1 Å². The average molecular weight is 621 g/mol. The molecule has 0 aliphatic carbocycles. The van der Waals surface area contributed by atoms with Gasteiger partial charge in [-0.1, -0.05) is 42.5 Å². The maximum absolute atomic E-state index is 14.5. The SMILES string of the molecule is CC(=O)C1(c2ccccc2)CCN(c2nc(C(F)(F)F)ccc2CNC(=O)C(C)c2ccc(NS(C)(=O)=O)c(F)c2)CC1. The van der Waals surface area contributed by atoms with Crippen molar-refractivity contribution in [1.29, 1.82) is 0 Å². The van der Waals surface area contributed by atoms with Crippen molar-refractivity contribution in [1.82, 2.24) is 10.3 Å². The standard InChI is InChI=1S/C30H32F4N4O4S/c1-19(21-9-11-25(24(31)17-21)37-43(3,41)42)28(40)35-18-22-10-12-26(30(32,33)34)36-27(22)38-15-13-29(14-16-38,20(2)39)23-7-5-4-6-8-23/h4-12,17,19,37H,13-16,18H2,1-3H3,(H,35,40). The highest BCUT2D eigenvalue weighted by Crippen LogP contribution is 2.39. The fraction of sp³-hybridized carbons (Fsp3) is 0.367. The third-order valence-electron chi connectivity index (χ3n) is 7.80. The lowest BCUT2D eigenvalue weighted by Crippen LogP contribution is -2.47. The Morgan fingerprint density at radius 1 is 1.05 bits per heavy atom. The molecule has 0 spiro atoms. The van der Waals surface area contributed by atoms with Gasteiger partial charge >= 0.3 is 6.18 Å². The van der Waals surface area contributed by atoms with Crippen molar-refractivity contribution in [2.45, 2.75) is 50.7 Å². The fourth-order valence-corrected chi connectivity index (χ4v) is 5.88. The number of hydrogen-bond donors (Lipinski definition) is 2. The number of carbonyl (C=O) groups excluding carboxylic acids is 2. The summed E-state index contributed by atoms with van der Waals surface area (Å²) in [5.74, 6) is -2.19. The first kappa shape index (κ1) is 31.9. The predicted octanol–water partition coefficient (Wildman–Crippen LogP) is 5.16. The van der Waals surface area contributed by atoms with Crippen molar-refractivity contribution in [3.05, 3.63) is 88.9 Å². The number of piperidine rings is 1. The van der Waals surface area contributed by atoms with Crippen LogP contribution in [0, 0.1) is 5.82 Å². The van der Waals surface area contributed by atoms with Crippen molar-refractivity contribution in [3.63, 3.8) is 0 Å². The molecule has 0 saturated carbocycles. The first-order chi connectivity index (χ1) is 20.1. The molecule has 1 fully saturated rings. The van der Waals surface area contributed by atoms with Crippen LogP contribution in [-0.4, -0.2) is 44.4 Å². The zero-order valence-electron chi connectivity index (χ0n) is 23.8. The fourth-order valence-electron chi connectivity index (χ4n) is 5.32. The van der Waals surface area contributed by atoms with Crippen LogP contribution in [0.1, 0.15) is 55.0 Å². The van der Waals surface area contributed by atoms with Crippen molar-refractivity contribution >= 4 is 33.2 Å². The second kappa shape index (κ2) is 12.3. The van der Waals surface area contributed by atoms with Crippen LogP contribution >= 0.6 is 0 Å². The van der Waals surface area contributed by atoms with Crippen LogP contribution in [0.3, 0.4) is 0 Å². The molecule has 0 bridgehead atoms. The molecule has 1 aliphatic rings. The van der Waals surface area contributed by atoms with E-state index < -0.39 is 45.0 Å². The number of nitrogens with one attached hydrogen (secondary N) is 2. The molecule has 230 valence electrons. The highest BCUT2D eigenvalue weighted by Gasteiger charge is 2.41. The third-order valence-corrected chi connectivity index (χ3v) is 8.39. The van der Waals surface area contributed by atoms with E-state index in [4.69, 9.17) is 0 Å². The number of anilines is 2. The number of hydrogen-bond acceptors (Lipinski definition) is 6. The van der Waals surface area contributed by atoms with E-state index in [1.807, 2.05) is 30.3 Å². The minimum atomic E-state index is -4.68. The van der Waals surface area contributed by atoms with Crippen molar-refractivity contribution in [2.75, 3.05) is 29.0 Å². The Labute approximate surface area is 247 Å². The van der Waals surface area contributed by atoms with Gasteiger partial charge in [-0.15, -0.1) is 0 Å². The van der Waals surface area contributed by atoms with Gasteiger partial charge in [-0.05, 0) is 56.0 Å². The second-order valence-corrected chi connectivity index (χ2v) is 12.5. The number of amides is 1. The van der Waals surface area contributed by atoms with Gasteiger partial charge in [0.2, 0.25) is 15.9 Å². The number of ketones is 1. The summed E-state index contributed by atoms with van der Waals surface area (Å²) in [6, 6.07) is 15.1.